The van der Waals surface area contributed by atoms with Gasteiger partial charge in [0.2, 0.25) is 11.8 Å². The van der Waals surface area contributed by atoms with Crippen molar-refractivity contribution in [1.82, 2.24) is 20.9 Å². The number of rotatable bonds is 13. The van der Waals surface area contributed by atoms with Crippen molar-refractivity contribution in [2.75, 3.05) is 59.4 Å². The van der Waals surface area contributed by atoms with Crippen molar-refractivity contribution < 1.29 is 9.59 Å². The van der Waals surface area contributed by atoms with Crippen molar-refractivity contribution in [3.8, 4) is 0 Å². The Balaban J connectivity index is 4.01. The molecule has 0 aliphatic heterocycles. The summed E-state index contributed by atoms with van der Waals surface area (Å²) in [6.45, 7) is 4.74. The van der Waals surface area contributed by atoms with Crippen LogP contribution >= 0.6 is 0 Å². The van der Waals surface area contributed by atoms with E-state index >= 15 is 0 Å². The molecule has 0 saturated carbocycles. The third-order valence-electron chi connectivity index (χ3n) is 2.92. The molecule has 2 amide bonds. The fourth-order valence-corrected chi connectivity index (χ4v) is 1.72. The van der Waals surface area contributed by atoms with E-state index in [1.807, 2.05) is 7.05 Å². The molecule has 0 spiro atoms. The molecule has 0 aliphatic rings. The molecule has 0 saturated heterocycles. The minimum atomic E-state index is -0.0116. The Bertz CT molecular complexity index is 264. The monoisotopic (exact) mass is 302 g/mol. The van der Waals surface area contributed by atoms with Crippen molar-refractivity contribution in [2.24, 2.45) is 11.5 Å². The molecule has 0 aliphatic carbocycles. The fraction of sp³-hybridized carbons (Fsp3) is 0.846. The number of carbonyl (C=O) groups excluding carboxylic acids is 2. The Morgan fingerprint density at radius 1 is 0.857 bits per heavy atom. The summed E-state index contributed by atoms with van der Waals surface area (Å²) < 4.78 is 0. The normalized spacial score (nSPS) is 10.7. The predicted octanol–water partition coefficient (Wildman–Crippen LogP) is -2.56. The standard InChI is InChI=1S/C13H30N6O2/c1-16-8-11-19(9-2-12(20)17-6-4-14)10-3-13(21)18-7-5-15/h16H,2-11,14-15H2,1H3,(H,17,20)(H,18,21). The first-order valence-corrected chi connectivity index (χ1v) is 7.44. The van der Waals surface area contributed by atoms with E-state index in [1.54, 1.807) is 0 Å². The van der Waals surface area contributed by atoms with Crippen LogP contribution in [0.4, 0.5) is 0 Å². The van der Waals surface area contributed by atoms with Crippen molar-refractivity contribution >= 4 is 11.8 Å². The molecule has 0 rings (SSSR count). The molecule has 8 heteroatoms. The molecule has 7 N–H and O–H groups in total. The van der Waals surface area contributed by atoms with Crippen molar-refractivity contribution in [2.45, 2.75) is 12.8 Å². The number of carbonyl (C=O) groups is 2. The maximum Gasteiger partial charge on any atom is 0.221 e. The number of likely N-dealkylation sites (N-methyl/N-ethyl adjacent to an activating group) is 1. The van der Waals surface area contributed by atoms with E-state index in [9.17, 15) is 9.59 Å². The zero-order chi connectivity index (χ0) is 15.9. The number of amides is 2. The lowest BCUT2D eigenvalue weighted by Gasteiger charge is -2.21. The lowest BCUT2D eigenvalue weighted by Crippen LogP contribution is -2.38. The zero-order valence-electron chi connectivity index (χ0n) is 13.0. The number of nitrogens with zero attached hydrogens (tertiary/aromatic N) is 1. The summed E-state index contributed by atoms with van der Waals surface area (Å²) in [5.41, 5.74) is 10.7. The molecule has 0 bridgehead atoms. The highest BCUT2D eigenvalue weighted by molar-refractivity contribution is 5.76. The van der Waals surface area contributed by atoms with Gasteiger partial charge in [-0.2, -0.15) is 0 Å². The van der Waals surface area contributed by atoms with E-state index in [4.69, 9.17) is 11.5 Å². The lowest BCUT2D eigenvalue weighted by atomic mass is 10.3. The van der Waals surface area contributed by atoms with Crippen LogP contribution in [0.3, 0.4) is 0 Å². The van der Waals surface area contributed by atoms with Gasteiger partial charge in [-0.15, -0.1) is 0 Å². The third kappa shape index (κ3) is 12.2. The van der Waals surface area contributed by atoms with Crippen molar-refractivity contribution in [1.29, 1.82) is 0 Å². The van der Waals surface area contributed by atoms with E-state index in [0.29, 0.717) is 52.1 Å². The second kappa shape index (κ2) is 13.7. The summed E-state index contributed by atoms with van der Waals surface area (Å²) in [5.74, 6) is -0.0232. The van der Waals surface area contributed by atoms with Crippen LogP contribution in [0.15, 0.2) is 0 Å². The van der Waals surface area contributed by atoms with Gasteiger partial charge in [-0.25, -0.2) is 0 Å². The van der Waals surface area contributed by atoms with Gasteiger partial charge in [0.05, 0.1) is 0 Å². The van der Waals surface area contributed by atoms with Gasteiger partial charge >= 0.3 is 0 Å². The Morgan fingerprint density at radius 3 is 1.71 bits per heavy atom. The molecule has 8 nitrogen and oxygen atoms in total. The van der Waals surface area contributed by atoms with E-state index in [-0.39, 0.29) is 11.8 Å². The molecular formula is C13H30N6O2. The van der Waals surface area contributed by atoms with Gasteiger partial charge in [-0.05, 0) is 7.05 Å². The van der Waals surface area contributed by atoms with Gasteiger partial charge in [0, 0.05) is 65.2 Å². The van der Waals surface area contributed by atoms with Crippen LogP contribution in [-0.2, 0) is 9.59 Å². The average Bonchev–Trinajstić information content (AvgIpc) is 2.49. The molecule has 0 aromatic rings. The van der Waals surface area contributed by atoms with Crippen LogP contribution in [0.2, 0.25) is 0 Å². The Morgan fingerprint density at radius 2 is 1.33 bits per heavy atom. The van der Waals surface area contributed by atoms with Gasteiger partial charge in [-0.1, -0.05) is 0 Å². The van der Waals surface area contributed by atoms with Crippen molar-refractivity contribution in [3.63, 3.8) is 0 Å². The van der Waals surface area contributed by atoms with Crippen LogP contribution in [0, 0.1) is 0 Å². The molecule has 0 radical (unpaired) electrons. The van der Waals surface area contributed by atoms with Gasteiger partial charge in [-0.3, -0.25) is 9.59 Å². The summed E-state index contributed by atoms with van der Waals surface area (Å²) in [6.07, 6.45) is 0.822. The number of nitrogens with one attached hydrogen (secondary N) is 3. The summed E-state index contributed by atoms with van der Waals surface area (Å²) in [4.78, 5) is 25.2. The van der Waals surface area contributed by atoms with Gasteiger partial charge < -0.3 is 32.3 Å². The number of nitrogens with two attached hydrogens (primary N) is 2. The molecule has 21 heavy (non-hydrogen) atoms. The smallest absolute Gasteiger partial charge is 0.221 e. The third-order valence-corrected chi connectivity index (χ3v) is 2.92. The minimum absolute atomic E-state index is 0.0116. The van der Waals surface area contributed by atoms with Crippen LogP contribution < -0.4 is 27.4 Å². The molecule has 124 valence electrons. The highest BCUT2D eigenvalue weighted by Gasteiger charge is 2.10. The van der Waals surface area contributed by atoms with Gasteiger partial charge in [0.15, 0.2) is 0 Å². The van der Waals surface area contributed by atoms with Crippen LogP contribution in [0.5, 0.6) is 0 Å². The van der Waals surface area contributed by atoms with Crippen molar-refractivity contribution in [3.05, 3.63) is 0 Å². The molecule has 0 aromatic heterocycles. The summed E-state index contributed by atoms with van der Waals surface area (Å²) >= 11 is 0. The average molecular weight is 302 g/mol. The van der Waals surface area contributed by atoms with Crippen LogP contribution in [0.25, 0.3) is 0 Å². The van der Waals surface area contributed by atoms with Crippen LogP contribution in [-0.4, -0.2) is 76.1 Å². The second-order valence-electron chi connectivity index (χ2n) is 4.72. The quantitative estimate of drug-likeness (QED) is 0.255. The topological polar surface area (TPSA) is 126 Å². The maximum absolute atomic E-state index is 11.6. The van der Waals surface area contributed by atoms with Gasteiger partial charge in [0.1, 0.15) is 0 Å². The molecule has 0 fully saturated rings. The van der Waals surface area contributed by atoms with E-state index in [1.165, 1.54) is 0 Å². The predicted molar refractivity (Wildman–Crippen MR) is 83.7 cm³/mol. The molecular weight excluding hydrogens is 272 g/mol. The molecule has 0 heterocycles. The largest absolute Gasteiger partial charge is 0.355 e. The SMILES string of the molecule is CNCCN(CCC(=O)NCCN)CCC(=O)NCCN. The highest BCUT2D eigenvalue weighted by Crippen LogP contribution is 1.95. The second-order valence-corrected chi connectivity index (χ2v) is 4.72. The number of hydrogen-bond acceptors (Lipinski definition) is 6. The Hall–Kier alpha value is -1.22. The summed E-state index contributed by atoms with van der Waals surface area (Å²) in [5, 5.41) is 8.54. The van der Waals surface area contributed by atoms with Crippen LogP contribution in [0.1, 0.15) is 12.8 Å². The minimum Gasteiger partial charge on any atom is -0.355 e. The van der Waals surface area contributed by atoms with E-state index < -0.39 is 0 Å². The lowest BCUT2D eigenvalue weighted by molar-refractivity contribution is -0.121. The molecule has 0 atom stereocenters. The number of hydrogen-bond donors (Lipinski definition) is 5. The Labute approximate surface area is 127 Å². The highest BCUT2D eigenvalue weighted by atomic mass is 16.2. The first-order valence-electron chi connectivity index (χ1n) is 7.44. The molecule has 0 aromatic carbocycles. The summed E-state index contributed by atoms with van der Waals surface area (Å²) in [7, 11) is 1.88. The van der Waals surface area contributed by atoms with E-state index in [2.05, 4.69) is 20.9 Å². The first kappa shape index (κ1) is 19.8. The van der Waals surface area contributed by atoms with Gasteiger partial charge in [0.25, 0.3) is 0 Å². The first-order chi connectivity index (χ1) is 10.1. The molecule has 0 unspecified atom stereocenters. The van der Waals surface area contributed by atoms with E-state index in [0.717, 1.165) is 13.1 Å². The zero-order valence-corrected chi connectivity index (χ0v) is 13.0. The Kier molecular flexibility index (Phi) is 13.0. The maximum atomic E-state index is 11.6. The fourth-order valence-electron chi connectivity index (χ4n) is 1.72. The summed E-state index contributed by atoms with van der Waals surface area (Å²) in [6, 6.07) is 0.